The van der Waals surface area contributed by atoms with Gasteiger partial charge in [0.05, 0.1) is 0 Å². The van der Waals surface area contributed by atoms with Crippen LogP contribution in [0.1, 0.15) is 6.92 Å². The van der Waals surface area contributed by atoms with Crippen molar-refractivity contribution in [1.29, 1.82) is 0 Å². The van der Waals surface area contributed by atoms with Crippen LogP contribution in [0.4, 0.5) is 0 Å². The summed E-state index contributed by atoms with van der Waals surface area (Å²) >= 11 is 0. The lowest BCUT2D eigenvalue weighted by molar-refractivity contribution is 0.503. The van der Waals surface area contributed by atoms with E-state index in [-0.39, 0.29) is 11.0 Å². The molecule has 5 heavy (non-hydrogen) atoms. The Bertz CT molecular complexity index is 57.9. The first kappa shape index (κ1) is 4.76. The molecule has 0 N–H and O–H groups in total. The monoisotopic (exact) mass is 84.0 g/mol. The lowest BCUT2D eigenvalue weighted by Gasteiger charge is -1.53. The first-order valence-electron chi connectivity index (χ1n) is 1.23. The molecule has 4 radical (unpaired) electrons. The minimum absolute atomic E-state index is 0. The third-order valence-electron chi connectivity index (χ3n) is 0.354. The second-order valence-electron chi connectivity index (χ2n) is 0.846. The molecule has 0 unspecified atom stereocenters. The Labute approximate surface area is 35.7 Å². The molecular formula is C3H4OSi. The molecule has 1 heterocycles. The number of hydrogen-bond donors (Lipinski definition) is 0. The fourth-order valence-corrected chi connectivity index (χ4v) is 0.0589. The van der Waals surface area contributed by atoms with Crippen LogP contribution in [0.15, 0.2) is 12.0 Å². The van der Waals surface area contributed by atoms with Crippen LogP contribution in [-0.4, -0.2) is 11.0 Å². The fourth-order valence-electron chi connectivity index (χ4n) is 0.0589. The zero-order valence-electron chi connectivity index (χ0n) is 2.99. The largest absolute Gasteiger partial charge is 0.463 e. The van der Waals surface area contributed by atoms with Crippen LogP contribution in [0.3, 0.4) is 0 Å². The van der Waals surface area contributed by atoms with Crippen molar-refractivity contribution >= 4 is 11.0 Å². The van der Waals surface area contributed by atoms with Gasteiger partial charge in [0.1, 0.15) is 12.0 Å². The Morgan fingerprint density at radius 3 is 2.00 bits per heavy atom. The van der Waals surface area contributed by atoms with Gasteiger partial charge in [0.2, 0.25) is 0 Å². The molecular weight excluding hydrogens is 80.1 g/mol. The average molecular weight is 84.2 g/mol. The highest BCUT2D eigenvalue weighted by Crippen LogP contribution is 2.08. The molecule has 26 valence electrons. The van der Waals surface area contributed by atoms with Crippen molar-refractivity contribution in [2.24, 2.45) is 0 Å². The maximum Gasteiger partial charge on any atom is 0.135 e. The van der Waals surface area contributed by atoms with Gasteiger partial charge in [-0.05, 0) is 6.92 Å². The first-order chi connectivity index (χ1) is 1.89. The van der Waals surface area contributed by atoms with Crippen molar-refractivity contribution in [3.8, 4) is 0 Å². The smallest absolute Gasteiger partial charge is 0.135 e. The normalized spacial score (nSPS) is 14.2. The van der Waals surface area contributed by atoms with Gasteiger partial charge in [0.25, 0.3) is 0 Å². The van der Waals surface area contributed by atoms with E-state index in [1.54, 1.807) is 6.26 Å². The van der Waals surface area contributed by atoms with Gasteiger partial charge >= 0.3 is 0 Å². The molecule has 0 aromatic heterocycles. The van der Waals surface area contributed by atoms with Crippen molar-refractivity contribution < 1.29 is 4.74 Å². The quantitative estimate of drug-likeness (QED) is 0.389. The highest BCUT2D eigenvalue weighted by atomic mass is 28.1. The lowest BCUT2D eigenvalue weighted by Crippen LogP contribution is -1.33. The Balaban J connectivity index is 0.000000160. The molecule has 1 rings (SSSR count). The molecule has 0 fully saturated rings. The second-order valence-corrected chi connectivity index (χ2v) is 0.846. The average Bonchev–Trinajstić information content (AvgIpc) is 1.75. The van der Waals surface area contributed by atoms with Gasteiger partial charge in [-0.2, -0.15) is 0 Å². The Morgan fingerprint density at radius 1 is 1.80 bits per heavy atom. The van der Waals surface area contributed by atoms with Crippen molar-refractivity contribution in [1.82, 2.24) is 0 Å². The van der Waals surface area contributed by atoms with Gasteiger partial charge < -0.3 is 4.74 Å². The van der Waals surface area contributed by atoms with E-state index >= 15 is 0 Å². The van der Waals surface area contributed by atoms with Gasteiger partial charge in [-0.1, -0.05) is 0 Å². The maximum absolute atomic E-state index is 4.50. The maximum atomic E-state index is 4.50. The summed E-state index contributed by atoms with van der Waals surface area (Å²) in [5.74, 6) is 1.04. The number of ether oxygens (including phenoxy) is 1. The molecule has 0 aliphatic carbocycles. The van der Waals surface area contributed by atoms with Crippen LogP contribution in [-0.2, 0) is 4.74 Å². The molecule has 0 bridgehead atoms. The zero-order valence-corrected chi connectivity index (χ0v) is 3.99. The van der Waals surface area contributed by atoms with Crippen LogP contribution in [0, 0.1) is 0 Å². The summed E-state index contributed by atoms with van der Waals surface area (Å²) in [5.41, 5.74) is 0. The topological polar surface area (TPSA) is 12.5 Å². The second kappa shape index (κ2) is 1.26. The Kier molecular flexibility index (Phi) is 1.20. The summed E-state index contributed by atoms with van der Waals surface area (Å²) in [6, 6.07) is 0. The van der Waals surface area contributed by atoms with Crippen molar-refractivity contribution in [2.75, 3.05) is 0 Å². The number of hydrogen-bond acceptors (Lipinski definition) is 1. The van der Waals surface area contributed by atoms with Gasteiger partial charge in [0, 0.05) is 11.0 Å². The lowest BCUT2D eigenvalue weighted by atomic mass is 10.8. The zero-order chi connectivity index (χ0) is 2.99. The number of allylic oxidation sites excluding steroid dienone is 1. The molecule has 1 aliphatic rings. The van der Waals surface area contributed by atoms with E-state index in [0.717, 1.165) is 5.76 Å². The van der Waals surface area contributed by atoms with Gasteiger partial charge in [-0.25, -0.2) is 0 Å². The van der Waals surface area contributed by atoms with E-state index in [1.807, 2.05) is 6.92 Å². The molecule has 2 heteroatoms. The van der Waals surface area contributed by atoms with Gasteiger partial charge in [0.15, 0.2) is 0 Å². The number of rotatable bonds is 0. The summed E-state index contributed by atoms with van der Waals surface area (Å²) < 4.78 is 4.50. The molecule has 0 saturated carbocycles. The van der Waals surface area contributed by atoms with Crippen LogP contribution in [0.25, 0.3) is 0 Å². The van der Waals surface area contributed by atoms with E-state index < -0.39 is 0 Å². The summed E-state index contributed by atoms with van der Waals surface area (Å²) in [6.45, 7) is 1.92. The van der Waals surface area contributed by atoms with Crippen molar-refractivity contribution in [2.45, 2.75) is 6.92 Å². The molecule has 0 amide bonds. The van der Waals surface area contributed by atoms with Gasteiger partial charge in [-0.15, -0.1) is 0 Å². The summed E-state index contributed by atoms with van der Waals surface area (Å²) in [7, 11) is 0. The molecule has 1 aliphatic heterocycles. The molecule has 0 spiro atoms. The fraction of sp³-hybridized carbons (Fsp3) is 0.333. The standard InChI is InChI=1S/C3H4O.Si/c1-3-2-4-3;/h2H,1H3;. The predicted molar refractivity (Wildman–Crippen MR) is 20.6 cm³/mol. The molecule has 0 aromatic rings. The predicted octanol–water partition coefficient (Wildman–Crippen LogP) is 0.497. The van der Waals surface area contributed by atoms with E-state index in [9.17, 15) is 0 Å². The third-order valence-corrected chi connectivity index (χ3v) is 0.354. The third kappa shape index (κ3) is 1.53. The van der Waals surface area contributed by atoms with Crippen LogP contribution < -0.4 is 0 Å². The van der Waals surface area contributed by atoms with Gasteiger partial charge in [-0.3, -0.25) is 0 Å². The van der Waals surface area contributed by atoms with E-state index in [4.69, 9.17) is 0 Å². The highest BCUT2D eigenvalue weighted by molar-refractivity contribution is 5.75. The summed E-state index contributed by atoms with van der Waals surface area (Å²) in [5, 5.41) is 0. The van der Waals surface area contributed by atoms with Crippen LogP contribution >= 0.6 is 0 Å². The summed E-state index contributed by atoms with van der Waals surface area (Å²) in [6.07, 6.45) is 1.71. The SMILES string of the molecule is CC1=CO1.[Si]. The first-order valence-corrected chi connectivity index (χ1v) is 1.23. The minimum Gasteiger partial charge on any atom is -0.463 e. The van der Waals surface area contributed by atoms with Crippen molar-refractivity contribution in [3.63, 3.8) is 0 Å². The molecule has 0 saturated heterocycles. The highest BCUT2D eigenvalue weighted by Gasteiger charge is 1.95. The van der Waals surface area contributed by atoms with E-state index in [2.05, 4.69) is 4.74 Å². The van der Waals surface area contributed by atoms with E-state index in [1.165, 1.54) is 0 Å². The molecule has 1 nitrogen and oxygen atoms in total. The molecule has 0 aromatic carbocycles. The van der Waals surface area contributed by atoms with Crippen molar-refractivity contribution in [3.05, 3.63) is 12.0 Å². The van der Waals surface area contributed by atoms with Crippen LogP contribution in [0.2, 0.25) is 0 Å². The summed E-state index contributed by atoms with van der Waals surface area (Å²) in [4.78, 5) is 0. The van der Waals surface area contributed by atoms with Crippen LogP contribution in [0.5, 0.6) is 0 Å². The molecule has 0 atom stereocenters. The Morgan fingerprint density at radius 2 is 2.00 bits per heavy atom. The Hall–Kier alpha value is -0.243. The van der Waals surface area contributed by atoms with E-state index in [0.29, 0.717) is 0 Å². The minimum atomic E-state index is 0.